The summed E-state index contributed by atoms with van der Waals surface area (Å²) in [6, 6.07) is 5.07. The van der Waals surface area contributed by atoms with Gasteiger partial charge in [0.25, 0.3) is 5.91 Å². The number of allylic oxidation sites excluding steroid dienone is 4. The van der Waals surface area contributed by atoms with Crippen molar-refractivity contribution in [3.8, 4) is 17.2 Å². The number of aromatic hydroxyl groups is 2. The normalized spacial score (nSPS) is 23.2. The van der Waals surface area contributed by atoms with E-state index in [9.17, 15) is 33.8 Å². The Labute approximate surface area is 229 Å². The Morgan fingerprint density at radius 1 is 1.12 bits per heavy atom. The third-order valence-electron chi connectivity index (χ3n) is 7.98. The summed E-state index contributed by atoms with van der Waals surface area (Å²) in [7, 11) is 0. The van der Waals surface area contributed by atoms with Crippen molar-refractivity contribution in [3.05, 3.63) is 75.4 Å². The summed E-state index contributed by atoms with van der Waals surface area (Å²) in [5.74, 6) is -3.44. The van der Waals surface area contributed by atoms with Gasteiger partial charge in [-0.15, -0.1) is 0 Å². The molecule has 2 aliphatic heterocycles. The number of ketones is 3. The lowest BCUT2D eigenvalue weighted by Crippen LogP contribution is -2.48. The molecule has 1 unspecified atom stereocenters. The highest BCUT2D eigenvalue weighted by molar-refractivity contribution is 6.31. The van der Waals surface area contributed by atoms with Crippen molar-refractivity contribution in [1.82, 2.24) is 10.2 Å². The maximum absolute atomic E-state index is 14.0. The summed E-state index contributed by atoms with van der Waals surface area (Å²) >= 11 is 0. The summed E-state index contributed by atoms with van der Waals surface area (Å²) in [5, 5.41) is 24.7. The number of amides is 1. The van der Waals surface area contributed by atoms with Crippen molar-refractivity contribution in [2.75, 3.05) is 13.1 Å². The molecule has 1 fully saturated rings. The minimum Gasteiger partial charge on any atom is -0.507 e. The number of halogens is 1. The summed E-state index contributed by atoms with van der Waals surface area (Å²) in [4.78, 5) is 54.2. The molecule has 40 heavy (non-hydrogen) atoms. The zero-order chi connectivity index (χ0) is 29.1. The van der Waals surface area contributed by atoms with E-state index in [1.807, 2.05) is 0 Å². The van der Waals surface area contributed by atoms with Crippen LogP contribution in [0.3, 0.4) is 0 Å². The minimum atomic E-state index is -1.61. The number of likely N-dealkylation sites (tertiary alicyclic amines) is 1. The molecule has 2 atom stereocenters. The number of nitrogens with zero attached hydrogens (tertiary/aromatic N) is 1. The smallest absolute Gasteiger partial charge is 0.253 e. The largest absolute Gasteiger partial charge is 0.507 e. The average molecular weight is 549 g/mol. The number of nitrogens with one attached hydrogen (secondary N) is 1. The van der Waals surface area contributed by atoms with E-state index in [0.29, 0.717) is 37.2 Å². The molecule has 0 aromatic heterocycles. The highest BCUT2D eigenvalue weighted by Gasteiger charge is 2.56. The summed E-state index contributed by atoms with van der Waals surface area (Å²) < 4.78 is 19.1. The monoisotopic (exact) mass is 548 g/mol. The van der Waals surface area contributed by atoms with Crippen LogP contribution in [0.4, 0.5) is 4.39 Å². The van der Waals surface area contributed by atoms with E-state index in [-0.39, 0.29) is 45.7 Å². The number of piperidine rings is 1. The number of hydrogen-bond acceptors (Lipinski definition) is 8. The quantitative estimate of drug-likeness (QED) is 0.300. The minimum absolute atomic E-state index is 0.0215. The number of phenols is 2. The molecule has 2 aromatic rings. The van der Waals surface area contributed by atoms with Crippen LogP contribution in [0.25, 0.3) is 0 Å². The Balaban J connectivity index is 1.47. The molecule has 9 nitrogen and oxygen atoms in total. The van der Waals surface area contributed by atoms with Gasteiger partial charge in [0.1, 0.15) is 39.8 Å². The average Bonchev–Trinajstić information content (AvgIpc) is 3.20. The van der Waals surface area contributed by atoms with Gasteiger partial charge in [0, 0.05) is 42.0 Å². The molecule has 1 aliphatic carbocycles. The number of rotatable bonds is 4. The van der Waals surface area contributed by atoms with Gasteiger partial charge in [-0.1, -0.05) is 0 Å². The first-order valence-electron chi connectivity index (χ1n) is 13.0. The molecule has 3 aliphatic rings. The lowest BCUT2D eigenvalue weighted by Gasteiger charge is -2.35. The molecule has 0 bridgehead atoms. The first-order valence-corrected chi connectivity index (χ1v) is 13.0. The molecule has 3 N–H and O–H groups in total. The van der Waals surface area contributed by atoms with E-state index in [0.717, 1.165) is 0 Å². The number of Topliss-reactive ketones (excluding diaryl/α,β-unsaturated/α-hetero) is 2. The number of ether oxygens (including phenoxy) is 1. The van der Waals surface area contributed by atoms with Crippen LogP contribution in [-0.2, 0) is 15.0 Å². The molecule has 5 rings (SSSR count). The summed E-state index contributed by atoms with van der Waals surface area (Å²) in [5.41, 5.74) is -1.18. The van der Waals surface area contributed by atoms with Crippen LogP contribution in [-0.4, -0.2) is 57.5 Å². The van der Waals surface area contributed by atoms with Gasteiger partial charge in [-0.2, -0.15) is 0 Å². The third kappa shape index (κ3) is 4.06. The standard InChI is InChI=1S/C30H29FN2O7/c1-14-25(36)23(16(3)34)27-24(26(14)37)30(4)21(40-27)12-20(35)22(28(30)38)15(2)32-19-6-5-11-33(13-19)29(39)17-7-9-18(31)10-8-17/h7-10,12,19,32,36-37H,5-6,11,13H2,1-4H3/b22-15+/t19?,30-/m1/s1. The van der Waals surface area contributed by atoms with Crippen molar-refractivity contribution in [3.63, 3.8) is 0 Å². The van der Waals surface area contributed by atoms with E-state index in [4.69, 9.17) is 4.74 Å². The molecule has 0 saturated carbocycles. The van der Waals surface area contributed by atoms with Crippen LogP contribution >= 0.6 is 0 Å². The molecule has 1 saturated heterocycles. The van der Waals surface area contributed by atoms with E-state index in [1.54, 1.807) is 11.8 Å². The molecular formula is C30H29FN2O7. The molecule has 208 valence electrons. The van der Waals surface area contributed by atoms with Crippen molar-refractivity contribution < 1.29 is 38.5 Å². The lowest BCUT2D eigenvalue weighted by molar-refractivity contribution is -0.123. The predicted molar refractivity (Wildman–Crippen MR) is 142 cm³/mol. The van der Waals surface area contributed by atoms with E-state index >= 15 is 0 Å². The number of carbonyl (C=O) groups is 4. The molecule has 0 radical (unpaired) electrons. The first-order chi connectivity index (χ1) is 18.9. The van der Waals surface area contributed by atoms with Crippen LogP contribution in [0.1, 0.15) is 65.5 Å². The van der Waals surface area contributed by atoms with Crippen LogP contribution in [0.2, 0.25) is 0 Å². The Morgan fingerprint density at radius 2 is 1.80 bits per heavy atom. The zero-order valence-corrected chi connectivity index (χ0v) is 22.6. The maximum Gasteiger partial charge on any atom is 0.253 e. The third-order valence-corrected chi connectivity index (χ3v) is 7.98. The fraction of sp³-hybridized carbons (Fsp3) is 0.333. The Hall–Kier alpha value is -4.47. The maximum atomic E-state index is 14.0. The molecule has 2 aromatic carbocycles. The van der Waals surface area contributed by atoms with E-state index in [1.165, 1.54) is 51.1 Å². The van der Waals surface area contributed by atoms with Gasteiger partial charge in [0.2, 0.25) is 0 Å². The van der Waals surface area contributed by atoms with Crippen molar-refractivity contribution in [2.24, 2.45) is 0 Å². The molecular weight excluding hydrogens is 519 g/mol. The second-order valence-electron chi connectivity index (χ2n) is 10.6. The molecule has 10 heteroatoms. The van der Waals surface area contributed by atoms with Gasteiger partial charge in [-0.25, -0.2) is 4.39 Å². The number of phenolic OH excluding ortho intramolecular Hbond substituents is 2. The lowest BCUT2D eigenvalue weighted by atomic mass is 9.70. The van der Waals surface area contributed by atoms with Gasteiger partial charge in [-0.3, -0.25) is 19.2 Å². The van der Waals surface area contributed by atoms with Gasteiger partial charge >= 0.3 is 0 Å². The zero-order valence-electron chi connectivity index (χ0n) is 22.6. The van der Waals surface area contributed by atoms with Gasteiger partial charge in [0.05, 0.1) is 11.1 Å². The van der Waals surface area contributed by atoms with E-state index < -0.39 is 40.1 Å². The SMILES string of the molecule is CC(=O)c1c(O)c(C)c(O)c2c1OC1=CC(=O)/C(=C(/C)NC3CCCN(C(=O)c4ccc(F)cc4)C3)C(=O)[C@]12C. The van der Waals surface area contributed by atoms with E-state index in [2.05, 4.69) is 5.32 Å². The van der Waals surface area contributed by atoms with Crippen molar-refractivity contribution in [2.45, 2.75) is 52.0 Å². The number of hydrogen-bond donors (Lipinski definition) is 3. The predicted octanol–water partition coefficient (Wildman–Crippen LogP) is 3.60. The highest BCUT2D eigenvalue weighted by atomic mass is 19.1. The van der Waals surface area contributed by atoms with Crippen LogP contribution in [0.15, 0.2) is 47.4 Å². The highest BCUT2D eigenvalue weighted by Crippen LogP contribution is 2.57. The molecule has 1 amide bonds. The molecule has 2 heterocycles. The molecule has 0 spiro atoms. The fourth-order valence-corrected chi connectivity index (χ4v) is 5.80. The Bertz CT molecular complexity index is 1560. The summed E-state index contributed by atoms with van der Waals surface area (Å²) in [6.07, 6.45) is 2.54. The van der Waals surface area contributed by atoms with Crippen molar-refractivity contribution >= 4 is 23.3 Å². The van der Waals surface area contributed by atoms with Gasteiger partial charge in [-0.05, 0) is 64.8 Å². The second-order valence-corrected chi connectivity index (χ2v) is 10.6. The number of fused-ring (bicyclic) bond motifs is 3. The number of carbonyl (C=O) groups excluding carboxylic acids is 4. The van der Waals surface area contributed by atoms with Gasteiger partial charge in [0.15, 0.2) is 17.3 Å². The van der Waals surface area contributed by atoms with Crippen molar-refractivity contribution in [1.29, 1.82) is 0 Å². The van der Waals surface area contributed by atoms with Crippen LogP contribution < -0.4 is 10.1 Å². The van der Waals surface area contributed by atoms with Crippen LogP contribution in [0.5, 0.6) is 17.2 Å². The topological polar surface area (TPSA) is 133 Å². The fourth-order valence-electron chi connectivity index (χ4n) is 5.80. The second kappa shape index (κ2) is 9.62. The van der Waals surface area contributed by atoms with Gasteiger partial charge < -0.3 is 25.2 Å². The Kier molecular flexibility index (Phi) is 6.52. The Morgan fingerprint density at radius 3 is 2.45 bits per heavy atom. The summed E-state index contributed by atoms with van der Waals surface area (Å²) in [6.45, 7) is 6.60. The van der Waals surface area contributed by atoms with Crippen LogP contribution in [0, 0.1) is 12.7 Å². The first kappa shape index (κ1) is 27.1. The number of benzene rings is 2.